The fraction of sp³-hybridized carbons (Fsp3) is 0.647. The van der Waals surface area contributed by atoms with E-state index in [2.05, 4.69) is 39.2 Å². The van der Waals surface area contributed by atoms with Crippen molar-refractivity contribution < 1.29 is 8.82 Å². The Bertz CT molecular complexity index is 484. The second-order valence-corrected chi connectivity index (χ2v) is 12.5. The highest BCUT2D eigenvalue weighted by Gasteiger charge is 2.39. The van der Waals surface area contributed by atoms with Gasteiger partial charge in [-0.25, -0.2) is 4.39 Å². The maximum Gasteiger partial charge on any atom is 0.191 e. The molecular formula is C17H28FNOSi. The summed E-state index contributed by atoms with van der Waals surface area (Å²) in [6.07, 6.45) is 0. The summed E-state index contributed by atoms with van der Waals surface area (Å²) in [7, 11) is -1.72. The molecule has 0 aromatic heterocycles. The Hall–Kier alpha value is -0.713. The Morgan fingerprint density at radius 2 is 2.00 bits per heavy atom. The first-order chi connectivity index (χ1) is 9.71. The van der Waals surface area contributed by atoms with Crippen LogP contribution in [-0.4, -0.2) is 28.0 Å². The van der Waals surface area contributed by atoms with E-state index < -0.39 is 8.32 Å². The van der Waals surface area contributed by atoms with E-state index in [1.165, 1.54) is 6.07 Å². The first-order valence-corrected chi connectivity index (χ1v) is 10.7. The van der Waals surface area contributed by atoms with Gasteiger partial charge in [-0.05, 0) is 35.8 Å². The number of nitrogens with one attached hydrogen (secondary N) is 1. The van der Waals surface area contributed by atoms with E-state index in [-0.39, 0.29) is 10.9 Å². The van der Waals surface area contributed by atoms with Crippen LogP contribution in [0.5, 0.6) is 0 Å². The van der Waals surface area contributed by atoms with Gasteiger partial charge in [0.05, 0.1) is 0 Å². The van der Waals surface area contributed by atoms with Crippen LogP contribution in [-0.2, 0) is 4.43 Å². The largest absolute Gasteiger partial charge is 0.416 e. The lowest BCUT2D eigenvalue weighted by Crippen LogP contribution is -2.42. The second-order valence-electron chi connectivity index (χ2n) is 7.65. The predicted molar refractivity (Wildman–Crippen MR) is 88.6 cm³/mol. The van der Waals surface area contributed by atoms with Crippen molar-refractivity contribution >= 4 is 8.32 Å². The molecule has 4 heteroatoms. The molecule has 2 atom stereocenters. The summed E-state index contributed by atoms with van der Waals surface area (Å²) in [5.74, 6) is 0.634. The van der Waals surface area contributed by atoms with Gasteiger partial charge in [0.1, 0.15) is 5.82 Å². The molecule has 0 unspecified atom stereocenters. The van der Waals surface area contributed by atoms with Crippen molar-refractivity contribution in [3.8, 4) is 0 Å². The van der Waals surface area contributed by atoms with Gasteiger partial charge in [-0.15, -0.1) is 0 Å². The van der Waals surface area contributed by atoms with Crippen LogP contribution in [0.25, 0.3) is 0 Å². The Labute approximate surface area is 129 Å². The molecule has 21 heavy (non-hydrogen) atoms. The van der Waals surface area contributed by atoms with Gasteiger partial charge >= 0.3 is 0 Å². The fourth-order valence-corrected chi connectivity index (χ4v) is 3.63. The predicted octanol–water partition coefficient (Wildman–Crippen LogP) is 4.15. The van der Waals surface area contributed by atoms with E-state index in [0.717, 1.165) is 25.3 Å². The zero-order valence-electron chi connectivity index (χ0n) is 13.9. The third-order valence-corrected chi connectivity index (χ3v) is 9.58. The van der Waals surface area contributed by atoms with Crippen molar-refractivity contribution in [2.45, 2.75) is 44.8 Å². The quantitative estimate of drug-likeness (QED) is 0.844. The normalized spacial score (nSPS) is 23.5. The molecule has 0 bridgehead atoms. The van der Waals surface area contributed by atoms with Crippen molar-refractivity contribution in [2.75, 3.05) is 19.7 Å². The first-order valence-electron chi connectivity index (χ1n) is 7.81. The van der Waals surface area contributed by atoms with Crippen LogP contribution in [0.15, 0.2) is 24.3 Å². The number of halogens is 1. The first kappa shape index (κ1) is 16.7. The van der Waals surface area contributed by atoms with E-state index in [9.17, 15) is 4.39 Å². The molecule has 1 aromatic carbocycles. The van der Waals surface area contributed by atoms with E-state index in [4.69, 9.17) is 4.43 Å². The molecule has 0 spiro atoms. The molecule has 1 heterocycles. The minimum absolute atomic E-state index is 0.150. The fourth-order valence-electron chi connectivity index (χ4n) is 2.57. The van der Waals surface area contributed by atoms with Crippen LogP contribution >= 0.6 is 0 Å². The molecule has 1 N–H and O–H groups in total. The van der Waals surface area contributed by atoms with E-state index >= 15 is 0 Å². The summed E-state index contributed by atoms with van der Waals surface area (Å²) in [6, 6.07) is 7.00. The monoisotopic (exact) mass is 309 g/mol. The Morgan fingerprint density at radius 3 is 2.62 bits per heavy atom. The number of benzene rings is 1. The smallest absolute Gasteiger partial charge is 0.191 e. The molecule has 0 aliphatic carbocycles. The lowest BCUT2D eigenvalue weighted by molar-refractivity contribution is 0.227. The van der Waals surface area contributed by atoms with Crippen molar-refractivity contribution in [1.29, 1.82) is 0 Å². The van der Waals surface area contributed by atoms with Crippen molar-refractivity contribution in [3.05, 3.63) is 35.6 Å². The highest BCUT2D eigenvalue weighted by atomic mass is 28.4. The van der Waals surface area contributed by atoms with Gasteiger partial charge in [0.15, 0.2) is 8.32 Å². The highest BCUT2D eigenvalue weighted by molar-refractivity contribution is 6.74. The minimum atomic E-state index is -1.72. The summed E-state index contributed by atoms with van der Waals surface area (Å²) >= 11 is 0. The van der Waals surface area contributed by atoms with Crippen molar-refractivity contribution in [1.82, 2.24) is 5.32 Å². The van der Waals surface area contributed by atoms with Gasteiger partial charge in [-0.3, -0.25) is 0 Å². The van der Waals surface area contributed by atoms with Crippen LogP contribution in [0, 0.1) is 11.7 Å². The number of rotatable bonds is 4. The molecule has 1 aromatic rings. The molecule has 1 saturated heterocycles. The number of hydrogen-bond acceptors (Lipinski definition) is 2. The minimum Gasteiger partial charge on any atom is -0.416 e. The van der Waals surface area contributed by atoms with Crippen molar-refractivity contribution in [2.24, 2.45) is 5.92 Å². The second kappa shape index (κ2) is 6.19. The summed E-state index contributed by atoms with van der Waals surface area (Å²) in [5, 5.41) is 3.66. The van der Waals surface area contributed by atoms with Gasteiger partial charge < -0.3 is 9.74 Å². The molecule has 1 fully saturated rings. The van der Waals surface area contributed by atoms with Crippen LogP contribution in [0.1, 0.15) is 32.3 Å². The van der Waals surface area contributed by atoms with Gasteiger partial charge in [0.25, 0.3) is 0 Å². The summed E-state index contributed by atoms with van der Waals surface area (Å²) in [6.45, 7) is 14.0. The third-order valence-electron chi connectivity index (χ3n) is 5.08. The molecule has 2 rings (SSSR count). The van der Waals surface area contributed by atoms with Gasteiger partial charge in [-0.2, -0.15) is 0 Å². The third kappa shape index (κ3) is 3.93. The molecular weight excluding hydrogens is 281 g/mol. The Morgan fingerprint density at radius 1 is 1.29 bits per heavy atom. The van der Waals surface area contributed by atoms with Crippen molar-refractivity contribution in [3.63, 3.8) is 0 Å². The molecule has 1 aliphatic heterocycles. The maximum atomic E-state index is 13.4. The van der Waals surface area contributed by atoms with Gasteiger partial charge in [0.2, 0.25) is 0 Å². The molecule has 118 valence electrons. The molecule has 1 aliphatic rings. The zero-order valence-corrected chi connectivity index (χ0v) is 14.9. The average molecular weight is 310 g/mol. The van der Waals surface area contributed by atoms with E-state index in [1.807, 2.05) is 6.07 Å². The topological polar surface area (TPSA) is 21.3 Å². The number of hydrogen-bond donors (Lipinski definition) is 1. The van der Waals surface area contributed by atoms with E-state index in [1.54, 1.807) is 12.1 Å². The average Bonchev–Trinajstić information content (AvgIpc) is 2.83. The molecule has 0 radical (unpaired) electrons. The zero-order chi connectivity index (χ0) is 15.7. The standard InChI is InChI=1S/C17H28FNOSi/c1-17(2,3)21(4,5)20-12-14-10-19-11-16(14)13-7-6-8-15(18)9-13/h6-9,14,16,19H,10-12H2,1-5H3/t14-,16-/m1/s1. The van der Waals surface area contributed by atoms with Crippen LogP contribution < -0.4 is 5.32 Å². The lowest BCUT2D eigenvalue weighted by atomic mass is 9.89. The molecule has 0 amide bonds. The van der Waals surface area contributed by atoms with Gasteiger partial charge in [-0.1, -0.05) is 32.9 Å². The van der Waals surface area contributed by atoms with Crippen LogP contribution in [0.3, 0.4) is 0 Å². The van der Waals surface area contributed by atoms with E-state index in [0.29, 0.717) is 11.8 Å². The highest BCUT2D eigenvalue weighted by Crippen LogP contribution is 2.38. The lowest BCUT2D eigenvalue weighted by Gasteiger charge is -2.37. The Kier molecular flexibility index (Phi) is 4.91. The Balaban J connectivity index is 2.03. The SMILES string of the molecule is CC(C)(C)[Si](C)(C)OC[C@H]1CNC[C@@H]1c1cccc(F)c1. The summed E-state index contributed by atoms with van der Waals surface area (Å²) in [4.78, 5) is 0. The van der Waals surface area contributed by atoms with Crippen LogP contribution in [0.2, 0.25) is 18.1 Å². The van der Waals surface area contributed by atoms with Gasteiger partial charge in [0, 0.05) is 31.5 Å². The maximum absolute atomic E-state index is 13.4. The molecule has 0 saturated carbocycles. The molecule has 2 nitrogen and oxygen atoms in total. The van der Waals surface area contributed by atoms with Crippen LogP contribution in [0.4, 0.5) is 4.39 Å². The summed E-state index contributed by atoms with van der Waals surface area (Å²) < 4.78 is 19.8. The summed E-state index contributed by atoms with van der Waals surface area (Å²) in [5.41, 5.74) is 1.09.